The smallest absolute Gasteiger partial charge is 0.122 e. The summed E-state index contributed by atoms with van der Waals surface area (Å²) in [5, 5.41) is 0. The van der Waals surface area contributed by atoms with E-state index in [4.69, 9.17) is 10.5 Å². The monoisotopic (exact) mass is 233 g/mol. The van der Waals surface area contributed by atoms with Crippen molar-refractivity contribution in [1.82, 2.24) is 0 Å². The Balaban J connectivity index is 2.00. The van der Waals surface area contributed by atoms with Crippen molar-refractivity contribution in [2.75, 3.05) is 6.61 Å². The van der Waals surface area contributed by atoms with Crippen LogP contribution in [0.15, 0.2) is 18.2 Å². The number of benzene rings is 1. The number of ether oxygens (including phenoxy) is 1. The zero-order valence-electron chi connectivity index (χ0n) is 10.7. The summed E-state index contributed by atoms with van der Waals surface area (Å²) in [6, 6.07) is 6.64. The van der Waals surface area contributed by atoms with E-state index in [0.717, 1.165) is 31.6 Å². The van der Waals surface area contributed by atoms with Crippen molar-refractivity contribution in [3.05, 3.63) is 29.3 Å². The summed E-state index contributed by atoms with van der Waals surface area (Å²) in [5.74, 6) is 1.06. The maximum absolute atomic E-state index is 6.23. The fourth-order valence-corrected chi connectivity index (χ4v) is 2.39. The predicted molar refractivity (Wildman–Crippen MR) is 71.3 cm³/mol. The molecule has 2 heteroatoms. The first-order valence-corrected chi connectivity index (χ1v) is 6.82. The molecule has 1 aliphatic heterocycles. The topological polar surface area (TPSA) is 35.2 Å². The minimum Gasteiger partial charge on any atom is -0.493 e. The maximum atomic E-state index is 6.23. The Kier molecular flexibility index (Phi) is 4.43. The van der Waals surface area contributed by atoms with E-state index in [2.05, 4.69) is 25.1 Å². The van der Waals surface area contributed by atoms with Crippen molar-refractivity contribution in [2.24, 2.45) is 5.73 Å². The van der Waals surface area contributed by atoms with Crippen LogP contribution in [0.3, 0.4) is 0 Å². The molecule has 0 radical (unpaired) electrons. The molecule has 1 heterocycles. The molecule has 0 fully saturated rings. The molecule has 2 nitrogen and oxygen atoms in total. The molecule has 1 unspecified atom stereocenters. The van der Waals surface area contributed by atoms with Crippen LogP contribution in [0.2, 0.25) is 0 Å². The van der Waals surface area contributed by atoms with Gasteiger partial charge in [0, 0.05) is 6.04 Å². The summed E-state index contributed by atoms with van der Waals surface area (Å²) in [5.41, 5.74) is 8.83. The molecular formula is C15H23NO. The zero-order valence-corrected chi connectivity index (χ0v) is 10.7. The second-order valence-corrected chi connectivity index (χ2v) is 4.92. The molecule has 1 aromatic carbocycles. The Morgan fingerprint density at radius 2 is 2.24 bits per heavy atom. The Labute approximate surface area is 104 Å². The number of rotatable bonds is 5. The highest BCUT2D eigenvalue weighted by atomic mass is 16.5. The fourth-order valence-electron chi connectivity index (χ4n) is 2.39. The van der Waals surface area contributed by atoms with Gasteiger partial charge in [0.2, 0.25) is 0 Å². The molecule has 0 bridgehead atoms. The van der Waals surface area contributed by atoms with Gasteiger partial charge in [0.05, 0.1) is 6.61 Å². The molecular weight excluding hydrogens is 210 g/mol. The third-order valence-electron chi connectivity index (χ3n) is 3.48. The first kappa shape index (κ1) is 12.4. The normalized spacial score (nSPS) is 16.1. The number of hydrogen-bond donors (Lipinski definition) is 1. The van der Waals surface area contributed by atoms with E-state index in [9.17, 15) is 0 Å². The molecule has 94 valence electrons. The first-order chi connectivity index (χ1) is 8.31. The highest BCUT2D eigenvalue weighted by Crippen LogP contribution is 2.28. The Morgan fingerprint density at radius 1 is 1.35 bits per heavy atom. The van der Waals surface area contributed by atoms with Gasteiger partial charge in [0.1, 0.15) is 5.75 Å². The van der Waals surface area contributed by atoms with Gasteiger partial charge in [-0.05, 0) is 36.5 Å². The van der Waals surface area contributed by atoms with E-state index in [1.54, 1.807) is 0 Å². The molecule has 1 aliphatic rings. The van der Waals surface area contributed by atoms with Crippen LogP contribution in [-0.2, 0) is 6.42 Å². The molecule has 2 N–H and O–H groups in total. The molecule has 0 spiro atoms. The van der Waals surface area contributed by atoms with Crippen molar-refractivity contribution in [1.29, 1.82) is 0 Å². The van der Waals surface area contributed by atoms with Gasteiger partial charge in [-0.1, -0.05) is 38.3 Å². The fraction of sp³-hybridized carbons (Fsp3) is 0.600. The average Bonchev–Trinajstić information content (AvgIpc) is 2.38. The van der Waals surface area contributed by atoms with Crippen LogP contribution in [0.4, 0.5) is 0 Å². The van der Waals surface area contributed by atoms with Crippen LogP contribution in [0.25, 0.3) is 0 Å². The summed E-state index contributed by atoms with van der Waals surface area (Å²) in [6.45, 7) is 3.08. The summed E-state index contributed by atoms with van der Waals surface area (Å²) < 4.78 is 5.62. The van der Waals surface area contributed by atoms with E-state index >= 15 is 0 Å². The van der Waals surface area contributed by atoms with Crippen LogP contribution < -0.4 is 10.5 Å². The van der Waals surface area contributed by atoms with Crippen molar-refractivity contribution >= 4 is 0 Å². The number of unbranched alkanes of at least 4 members (excludes halogenated alkanes) is 2. The first-order valence-electron chi connectivity index (χ1n) is 6.82. The molecule has 0 amide bonds. The van der Waals surface area contributed by atoms with E-state index in [0.29, 0.717) is 0 Å². The zero-order chi connectivity index (χ0) is 12.1. The average molecular weight is 233 g/mol. The number of hydrogen-bond acceptors (Lipinski definition) is 2. The summed E-state index contributed by atoms with van der Waals surface area (Å²) in [4.78, 5) is 0. The second kappa shape index (κ2) is 6.06. The summed E-state index contributed by atoms with van der Waals surface area (Å²) >= 11 is 0. The van der Waals surface area contributed by atoms with E-state index in [1.807, 2.05) is 0 Å². The minimum atomic E-state index is 0.189. The highest BCUT2D eigenvalue weighted by molar-refractivity contribution is 5.39. The van der Waals surface area contributed by atoms with E-state index in [1.165, 1.54) is 30.4 Å². The second-order valence-electron chi connectivity index (χ2n) is 4.92. The van der Waals surface area contributed by atoms with E-state index in [-0.39, 0.29) is 6.04 Å². The van der Waals surface area contributed by atoms with Crippen LogP contribution >= 0.6 is 0 Å². The number of nitrogens with two attached hydrogens (primary N) is 1. The van der Waals surface area contributed by atoms with Crippen molar-refractivity contribution in [3.8, 4) is 5.75 Å². The molecule has 0 saturated heterocycles. The maximum Gasteiger partial charge on any atom is 0.122 e. The van der Waals surface area contributed by atoms with Crippen LogP contribution in [0.5, 0.6) is 5.75 Å². The van der Waals surface area contributed by atoms with Crippen molar-refractivity contribution in [2.45, 2.75) is 51.5 Å². The third-order valence-corrected chi connectivity index (χ3v) is 3.48. The molecule has 0 aliphatic carbocycles. The molecule has 1 atom stereocenters. The molecule has 2 rings (SSSR count). The van der Waals surface area contributed by atoms with Crippen LogP contribution in [0, 0.1) is 0 Å². The molecule has 17 heavy (non-hydrogen) atoms. The largest absolute Gasteiger partial charge is 0.493 e. The van der Waals surface area contributed by atoms with E-state index < -0.39 is 0 Å². The third kappa shape index (κ3) is 3.22. The van der Waals surface area contributed by atoms with Gasteiger partial charge >= 0.3 is 0 Å². The standard InChI is InChI=1S/C15H23NO/c1-2-3-4-7-14(16)12-8-9-15-13(11-12)6-5-10-17-15/h8-9,11,14H,2-7,10,16H2,1H3. The summed E-state index contributed by atoms with van der Waals surface area (Å²) in [7, 11) is 0. The van der Waals surface area contributed by atoms with Gasteiger partial charge in [-0.15, -0.1) is 0 Å². The van der Waals surface area contributed by atoms with Gasteiger partial charge in [0.15, 0.2) is 0 Å². The van der Waals surface area contributed by atoms with Gasteiger partial charge < -0.3 is 10.5 Å². The van der Waals surface area contributed by atoms with Gasteiger partial charge in [-0.2, -0.15) is 0 Å². The lowest BCUT2D eigenvalue weighted by atomic mass is 9.97. The van der Waals surface area contributed by atoms with Crippen molar-refractivity contribution in [3.63, 3.8) is 0 Å². The van der Waals surface area contributed by atoms with Gasteiger partial charge in [0.25, 0.3) is 0 Å². The van der Waals surface area contributed by atoms with Crippen LogP contribution in [-0.4, -0.2) is 6.61 Å². The number of aryl methyl sites for hydroxylation is 1. The summed E-state index contributed by atoms with van der Waals surface area (Å²) in [6.07, 6.45) is 7.11. The lowest BCUT2D eigenvalue weighted by molar-refractivity contribution is 0.288. The number of fused-ring (bicyclic) bond motifs is 1. The Hall–Kier alpha value is -1.02. The Morgan fingerprint density at radius 3 is 3.06 bits per heavy atom. The molecule has 1 aromatic rings. The van der Waals surface area contributed by atoms with Gasteiger partial charge in [-0.25, -0.2) is 0 Å². The Bertz CT molecular complexity index is 362. The molecule has 0 saturated carbocycles. The van der Waals surface area contributed by atoms with Crippen LogP contribution in [0.1, 0.15) is 56.2 Å². The lowest BCUT2D eigenvalue weighted by Gasteiger charge is -2.20. The molecule has 0 aromatic heterocycles. The lowest BCUT2D eigenvalue weighted by Crippen LogP contribution is -2.13. The SMILES string of the molecule is CCCCCC(N)c1ccc2c(c1)CCCO2. The highest BCUT2D eigenvalue weighted by Gasteiger charge is 2.13. The van der Waals surface area contributed by atoms with Crippen molar-refractivity contribution < 1.29 is 4.74 Å². The van der Waals surface area contributed by atoms with Gasteiger partial charge in [-0.3, -0.25) is 0 Å². The quantitative estimate of drug-likeness (QED) is 0.789. The predicted octanol–water partition coefficient (Wildman–Crippen LogP) is 3.59. The minimum absolute atomic E-state index is 0.189.